The number of aryl methyl sites for hydroxylation is 2. The molecule has 0 unspecified atom stereocenters. The molecule has 0 aliphatic carbocycles. The molecule has 2 aromatic rings. The van der Waals surface area contributed by atoms with Gasteiger partial charge in [0.15, 0.2) is 0 Å². The number of rotatable bonds is 3. The fourth-order valence-electron chi connectivity index (χ4n) is 2.08. The smallest absolute Gasteiger partial charge is 0.0702 e. The van der Waals surface area contributed by atoms with Gasteiger partial charge in [0.25, 0.3) is 0 Å². The van der Waals surface area contributed by atoms with Crippen molar-refractivity contribution in [1.29, 1.82) is 0 Å². The van der Waals surface area contributed by atoms with Gasteiger partial charge < -0.3 is 10.0 Å². The fourth-order valence-corrected chi connectivity index (χ4v) is 2.08. The zero-order valence-corrected chi connectivity index (χ0v) is 11.1. The van der Waals surface area contributed by atoms with Crippen LogP contribution in [0.15, 0.2) is 42.5 Å². The monoisotopic (exact) mass is 241 g/mol. The molecule has 94 valence electrons. The summed E-state index contributed by atoms with van der Waals surface area (Å²) in [5, 5.41) is 9.46. The minimum Gasteiger partial charge on any atom is -0.392 e. The Labute approximate surface area is 109 Å². The van der Waals surface area contributed by atoms with Crippen LogP contribution >= 0.6 is 0 Å². The van der Waals surface area contributed by atoms with E-state index >= 15 is 0 Å². The van der Waals surface area contributed by atoms with Gasteiger partial charge in [0, 0.05) is 24.0 Å². The van der Waals surface area contributed by atoms with Crippen LogP contribution in [0.4, 0.5) is 11.4 Å². The zero-order valence-electron chi connectivity index (χ0n) is 11.1. The summed E-state index contributed by atoms with van der Waals surface area (Å²) in [5.74, 6) is 0. The number of nitrogens with zero attached hydrogens (tertiary/aromatic N) is 1. The van der Waals surface area contributed by atoms with Gasteiger partial charge in [0.1, 0.15) is 0 Å². The predicted octanol–water partition coefficient (Wildman–Crippen LogP) is 3.56. The minimum atomic E-state index is 0.0627. The molecule has 0 aromatic heterocycles. The van der Waals surface area contributed by atoms with Crippen LogP contribution in [0.25, 0.3) is 0 Å². The van der Waals surface area contributed by atoms with E-state index in [0.717, 1.165) is 16.9 Å². The molecule has 0 bridgehead atoms. The SMILES string of the molecule is Cc1ccc(N(C)c2ccc(C)cc2CO)cc1. The van der Waals surface area contributed by atoms with Gasteiger partial charge in [-0.2, -0.15) is 0 Å². The number of aliphatic hydroxyl groups excluding tert-OH is 1. The summed E-state index contributed by atoms with van der Waals surface area (Å²) in [6.07, 6.45) is 0. The largest absolute Gasteiger partial charge is 0.392 e. The predicted molar refractivity (Wildman–Crippen MR) is 76.3 cm³/mol. The van der Waals surface area contributed by atoms with Gasteiger partial charge in [-0.05, 0) is 32.0 Å². The lowest BCUT2D eigenvalue weighted by Crippen LogP contribution is -2.12. The lowest BCUT2D eigenvalue weighted by molar-refractivity contribution is 0.282. The summed E-state index contributed by atoms with van der Waals surface area (Å²) in [6.45, 7) is 4.18. The third kappa shape index (κ3) is 2.54. The molecule has 0 aliphatic heterocycles. The topological polar surface area (TPSA) is 23.5 Å². The lowest BCUT2D eigenvalue weighted by Gasteiger charge is -2.22. The molecule has 0 fully saturated rings. The highest BCUT2D eigenvalue weighted by atomic mass is 16.3. The molecule has 2 aromatic carbocycles. The number of hydrogen-bond acceptors (Lipinski definition) is 2. The van der Waals surface area contributed by atoms with Gasteiger partial charge >= 0.3 is 0 Å². The van der Waals surface area contributed by atoms with E-state index in [2.05, 4.69) is 48.2 Å². The third-order valence-corrected chi connectivity index (χ3v) is 3.19. The molecule has 0 aliphatic rings. The van der Waals surface area contributed by atoms with E-state index in [1.165, 1.54) is 11.1 Å². The highest BCUT2D eigenvalue weighted by molar-refractivity contribution is 5.66. The second-order valence-corrected chi connectivity index (χ2v) is 4.68. The Balaban J connectivity index is 2.39. The molecule has 0 saturated carbocycles. The standard InChI is InChI=1S/C16H19NO/c1-12-4-7-15(8-5-12)17(3)16-9-6-13(2)10-14(16)11-18/h4-10,18H,11H2,1-3H3. The lowest BCUT2D eigenvalue weighted by atomic mass is 10.1. The van der Waals surface area contributed by atoms with E-state index in [1.807, 2.05) is 20.0 Å². The van der Waals surface area contributed by atoms with Crippen LogP contribution in [0.2, 0.25) is 0 Å². The van der Waals surface area contributed by atoms with Gasteiger partial charge in [0.2, 0.25) is 0 Å². The Morgan fingerprint density at radius 3 is 2.17 bits per heavy atom. The maximum Gasteiger partial charge on any atom is 0.0702 e. The van der Waals surface area contributed by atoms with Crippen LogP contribution in [0.1, 0.15) is 16.7 Å². The number of aliphatic hydroxyl groups is 1. The molecule has 0 amide bonds. The average Bonchev–Trinajstić information content (AvgIpc) is 2.38. The average molecular weight is 241 g/mol. The van der Waals surface area contributed by atoms with E-state index in [-0.39, 0.29) is 6.61 Å². The molecule has 0 saturated heterocycles. The Morgan fingerprint density at radius 1 is 0.944 bits per heavy atom. The second kappa shape index (κ2) is 5.23. The van der Waals surface area contributed by atoms with Crippen LogP contribution in [-0.4, -0.2) is 12.2 Å². The summed E-state index contributed by atoms with van der Waals surface area (Å²) in [4.78, 5) is 2.10. The number of hydrogen-bond donors (Lipinski definition) is 1. The molecular formula is C16H19NO. The molecule has 0 atom stereocenters. The maximum atomic E-state index is 9.46. The molecule has 1 N–H and O–H groups in total. The molecule has 2 rings (SSSR count). The Kier molecular flexibility index (Phi) is 3.68. The van der Waals surface area contributed by atoms with Crippen molar-refractivity contribution in [3.63, 3.8) is 0 Å². The molecule has 0 heterocycles. The van der Waals surface area contributed by atoms with Gasteiger partial charge in [-0.1, -0.05) is 35.4 Å². The first kappa shape index (κ1) is 12.7. The summed E-state index contributed by atoms with van der Waals surface area (Å²) >= 11 is 0. The summed E-state index contributed by atoms with van der Waals surface area (Å²) in [6, 6.07) is 14.5. The highest BCUT2D eigenvalue weighted by Crippen LogP contribution is 2.28. The van der Waals surface area contributed by atoms with Gasteiger partial charge in [-0.3, -0.25) is 0 Å². The quantitative estimate of drug-likeness (QED) is 0.888. The van der Waals surface area contributed by atoms with E-state index in [9.17, 15) is 5.11 Å². The molecule has 2 nitrogen and oxygen atoms in total. The van der Waals surface area contributed by atoms with Gasteiger partial charge in [0.05, 0.1) is 6.61 Å². The summed E-state index contributed by atoms with van der Waals surface area (Å²) in [5.41, 5.74) is 5.54. The van der Waals surface area contributed by atoms with Crippen LogP contribution in [0.5, 0.6) is 0 Å². The van der Waals surface area contributed by atoms with E-state index in [0.29, 0.717) is 0 Å². The van der Waals surface area contributed by atoms with Crippen molar-refractivity contribution in [2.75, 3.05) is 11.9 Å². The number of benzene rings is 2. The van der Waals surface area contributed by atoms with E-state index in [1.54, 1.807) is 0 Å². The van der Waals surface area contributed by atoms with Crippen molar-refractivity contribution in [2.45, 2.75) is 20.5 Å². The normalized spacial score (nSPS) is 10.4. The van der Waals surface area contributed by atoms with Crippen LogP contribution in [0, 0.1) is 13.8 Å². The molecule has 2 heteroatoms. The van der Waals surface area contributed by atoms with Gasteiger partial charge in [-0.15, -0.1) is 0 Å². The second-order valence-electron chi connectivity index (χ2n) is 4.68. The maximum absolute atomic E-state index is 9.46. The Morgan fingerprint density at radius 2 is 1.56 bits per heavy atom. The molecule has 0 radical (unpaired) electrons. The first-order valence-electron chi connectivity index (χ1n) is 6.12. The zero-order chi connectivity index (χ0) is 13.1. The minimum absolute atomic E-state index is 0.0627. The van der Waals surface area contributed by atoms with Crippen molar-refractivity contribution in [2.24, 2.45) is 0 Å². The third-order valence-electron chi connectivity index (χ3n) is 3.19. The first-order chi connectivity index (χ1) is 8.61. The Bertz CT molecular complexity index is 531. The van der Waals surface area contributed by atoms with Crippen molar-refractivity contribution < 1.29 is 5.11 Å². The summed E-state index contributed by atoms with van der Waals surface area (Å²) in [7, 11) is 2.02. The first-order valence-corrected chi connectivity index (χ1v) is 6.12. The molecular weight excluding hydrogens is 222 g/mol. The van der Waals surface area contributed by atoms with Crippen molar-refractivity contribution in [1.82, 2.24) is 0 Å². The van der Waals surface area contributed by atoms with Crippen LogP contribution in [-0.2, 0) is 6.61 Å². The van der Waals surface area contributed by atoms with Crippen LogP contribution < -0.4 is 4.90 Å². The van der Waals surface area contributed by atoms with Crippen molar-refractivity contribution in [3.8, 4) is 0 Å². The van der Waals surface area contributed by atoms with Crippen LogP contribution in [0.3, 0.4) is 0 Å². The van der Waals surface area contributed by atoms with Crippen molar-refractivity contribution in [3.05, 3.63) is 59.2 Å². The van der Waals surface area contributed by atoms with Crippen molar-refractivity contribution >= 4 is 11.4 Å². The summed E-state index contributed by atoms with van der Waals surface area (Å²) < 4.78 is 0. The molecule has 18 heavy (non-hydrogen) atoms. The fraction of sp³-hybridized carbons (Fsp3) is 0.250. The van der Waals surface area contributed by atoms with E-state index < -0.39 is 0 Å². The highest BCUT2D eigenvalue weighted by Gasteiger charge is 2.08. The van der Waals surface area contributed by atoms with Gasteiger partial charge in [-0.25, -0.2) is 0 Å². The Hall–Kier alpha value is -1.80. The van der Waals surface area contributed by atoms with E-state index in [4.69, 9.17) is 0 Å². The number of anilines is 2. The molecule has 0 spiro atoms.